The first-order chi connectivity index (χ1) is 8.99. The summed E-state index contributed by atoms with van der Waals surface area (Å²) in [6.07, 6.45) is 0. The minimum atomic E-state index is -0.460. The number of aromatic nitrogens is 2. The molecule has 100 valence electrons. The number of nitro groups is 1. The van der Waals surface area contributed by atoms with Gasteiger partial charge in [-0.3, -0.25) is 10.1 Å². The maximum absolute atomic E-state index is 10.8. The molecule has 0 fully saturated rings. The van der Waals surface area contributed by atoms with Crippen LogP contribution in [0.2, 0.25) is 0 Å². The number of hydrogen-bond acceptors (Lipinski definition) is 7. The highest BCUT2D eigenvalue weighted by molar-refractivity contribution is 7.99. The van der Waals surface area contributed by atoms with Gasteiger partial charge in [-0.15, -0.1) is 0 Å². The first-order valence-electron chi connectivity index (χ1n) is 5.45. The van der Waals surface area contributed by atoms with Crippen LogP contribution in [0.15, 0.2) is 26.8 Å². The van der Waals surface area contributed by atoms with Crippen LogP contribution in [-0.2, 0) is 0 Å². The normalized spacial score (nSPS) is 10.5. The average Bonchev–Trinajstić information content (AvgIpc) is 2.67. The third kappa shape index (κ3) is 3.02. The molecule has 8 heteroatoms. The topological polar surface area (TPSA) is 94.1 Å². The zero-order chi connectivity index (χ0) is 14.0. The minimum Gasteiger partial charge on any atom is -0.436 e. The monoisotopic (exact) mass is 280 g/mol. The van der Waals surface area contributed by atoms with Crippen LogP contribution in [0.1, 0.15) is 11.5 Å². The van der Waals surface area contributed by atoms with Gasteiger partial charge in [0.1, 0.15) is 16.6 Å². The lowest BCUT2D eigenvalue weighted by Gasteiger charge is -2.02. The fraction of sp³-hybridized carbons (Fsp3) is 0.273. The van der Waals surface area contributed by atoms with E-state index in [0.717, 1.165) is 23.2 Å². The van der Waals surface area contributed by atoms with E-state index in [1.54, 1.807) is 7.05 Å². The SMILES string of the molecule is CNc1cc([N+](=O)[O-])cc(Sc2nc(C)c(C)o2)n1. The van der Waals surface area contributed by atoms with Crippen molar-refractivity contribution >= 4 is 23.3 Å². The highest BCUT2D eigenvalue weighted by Crippen LogP contribution is 2.30. The van der Waals surface area contributed by atoms with E-state index < -0.39 is 4.92 Å². The number of nitrogens with one attached hydrogen (secondary N) is 1. The zero-order valence-corrected chi connectivity index (χ0v) is 11.4. The summed E-state index contributed by atoms with van der Waals surface area (Å²) in [6, 6.07) is 2.76. The molecule has 2 aromatic rings. The van der Waals surface area contributed by atoms with E-state index in [1.807, 2.05) is 13.8 Å². The summed E-state index contributed by atoms with van der Waals surface area (Å²) < 4.78 is 5.41. The average molecular weight is 280 g/mol. The predicted octanol–water partition coefficient (Wildman–Crippen LogP) is 2.79. The molecule has 0 aromatic carbocycles. The molecular weight excluding hydrogens is 268 g/mol. The van der Waals surface area contributed by atoms with Crippen molar-refractivity contribution in [1.29, 1.82) is 0 Å². The van der Waals surface area contributed by atoms with Gasteiger partial charge in [0.2, 0.25) is 0 Å². The molecular formula is C11H12N4O3S. The number of oxazole rings is 1. The largest absolute Gasteiger partial charge is 0.436 e. The Morgan fingerprint density at radius 2 is 2.11 bits per heavy atom. The third-order valence-electron chi connectivity index (χ3n) is 2.45. The molecule has 0 aliphatic rings. The van der Waals surface area contributed by atoms with E-state index >= 15 is 0 Å². The maximum Gasteiger partial charge on any atom is 0.275 e. The van der Waals surface area contributed by atoms with Gasteiger partial charge in [-0.25, -0.2) is 9.97 Å². The Morgan fingerprint density at radius 3 is 2.63 bits per heavy atom. The Labute approximate surface area is 113 Å². The highest BCUT2D eigenvalue weighted by atomic mass is 32.2. The van der Waals surface area contributed by atoms with Crippen molar-refractivity contribution in [3.8, 4) is 0 Å². The van der Waals surface area contributed by atoms with Crippen molar-refractivity contribution in [2.45, 2.75) is 24.1 Å². The molecule has 1 N–H and O–H groups in total. The Balaban J connectivity index is 2.33. The molecule has 0 aliphatic carbocycles. The lowest BCUT2D eigenvalue weighted by atomic mass is 10.4. The van der Waals surface area contributed by atoms with Gasteiger partial charge in [0.15, 0.2) is 0 Å². The second-order valence-corrected chi connectivity index (χ2v) is 4.75. The van der Waals surface area contributed by atoms with Gasteiger partial charge in [0.25, 0.3) is 10.9 Å². The fourth-order valence-corrected chi connectivity index (χ4v) is 2.21. The van der Waals surface area contributed by atoms with Gasteiger partial charge in [-0.2, -0.15) is 0 Å². The third-order valence-corrected chi connectivity index (χ3v) is 3.22. The van der Waals surface area contributed by atoms with Gasteiger partial charge < -0.3 is 9.73 Å². The first kappa shape index (κ1) is 13.3. The van der Waals surface area contributed by atoms with Crippen LogP contribution < -0.4 is 5.32 Å². The number of rotatable bonds is 4. The van der Waals surface area contributed by atoms with E-state index in [1.165, 1.54) is 12.1 Å². The molecule has 0 saturated heterocycles. The molecule has 0 unspecified atom stereocenters. The molecule has 0 bridgehead atoms. The summed E-state index contributed by atoms with van der Waals surface area (Å²) in [4.78, 5) is 18.8. The van der Waals surface area contributed by atoms with Crippen LogP contribution in [0.25, 0.3) is 0 Å². The van der Waals surface area contributed by atoms with Crippen molar-refractivity contribution in [2.75, 3.05) is 12.4 Å². The van der Waals surface area contributed by atoms with E-state index in [9.17, 15) is 10.1 Å². The maximum atomic E-state index is 10.8. The molecule has 19 heavy (non-hydrogen) atoms. The van der Waals surface area contributed by atoms with Gasteiger partial charge in [0, 0.05) is 13.1 Å². The Morgan fingerprint density at radius 1 is 1.37 bits per heavy atom. The molecule has 0 atom stereocenters. The molecule has 0 amide bonds. The second kappa shape index (κ2) is 5.27. The predicted molar refractivity (Wildman–Crippen MR) is 70.5 cm³/mol. The molecule has 0 radical (unpaired) electrons. The summed E-state index contributed by atoms with van der Waals surface area (Å²) in [7, 11) is 1.65. The zero-order valence-electron chi connectivity index (χ0n) is 10.6. The highest BCUT2D eigenvalue weighted by Gasteiger charge is 2.14. The minimum absolute atomic E-state index is 0.0261. The van der Waals surface area contributed by atoms with Crippen molar-refractivity contribution in [3.05, 3.63) is 33.7 Å². The standard InChI is InChI=1S/C11H12N4O3S/c1-6-7(2)18-11(13-6)19-10-5-8(15(16)17)4-9(12-3)14-10/h4-5H,1-3H3,(H,12,14). The van der Waals surface area contributed by atoms with Gasteiger partial charge in [0.05, 0.1) is 16.7 Å². The Bertz CT molecular complexity index is 607. The molecule has 2 heterocycles. The molecule has 0 spiro atoms. The summed E-state index contributed by atoms with van der Waals surface area (Å²) in [6.45, 7) is 3.65. The molecule has 7 nitrogen and oxygen atoms in total. The number of nitrogens with zero attached hydrogens (tertiary/aromatic N) is 3. The summed E-state index contributed by atoms with van der Waals surface area (Å²) in [5, 5.41) is 14.5. The molecule has 2 aromatic heterocycles. The van der Waals surface area contributed by atoms with E-state index in [0.29, 0.717) is 16.1 Å². The van der Waals surface area contributed by atoms with Crippen LogP contribution >= 0.6 is 11.8 Å². The van der Waals surface area contributed by atoms with Crippen LogP contribution in [0.4, 0.5) is 11.5 Å². The molecule has 2 rings (SSSR count). The summed E-state index contributed by atoms with van der Waals surface area (Å²) in [5.41, 5.74) is 0.767. The second-order valence-electron chi connectivity index (χ2n) is 3.78. The van der Waals surface area contributed by atoms with E-state index in [4.69, 9.17) is 4.42 Å². The Hall–Kier alpha value is -2.09. The summed E-state index contributed by atoms with van der Waals surface area (Å²) in [5.74, 6) is 1.15. The van der Waals surface area contributed by atoms with Crippen LogP contribution in [0, 0.1) is 24.0 Å². The Kier molecular flexibility index (Phi) is 3.70. The fourth-order valence-electron chi connectivity index (χ4n) is 1.35. The van der Waals surface area contributed by atoms with Gasteiger partial charge >= 0.3 is 0 Å². The smallest absolute Gasteiger partial charge is 0.275 e. The van der Waals surface area contributed by atoms with Crippen LogP contribution in [0.3, 0.4) is 0 Å². The molecule has 0 saturated carbocycles. The number of aryl methyl sites for hydroxylation is 2. The number of pyridine rings is 1. The van der Waals surface area contributed by atoms with Crippen LogP contribution in [-0.4, -0.2) is 21.9 Å². The summed E-state index contributed by atoms with van der Waals surface area (Å²) >= 11 is 1.15. The van der Waals surface area contributed by atoms with E-state index in [-0.39, 0.29) is 5.69 Å². The quantitative estimate of drug-likeness (QED) is 0.679. The lowest BCUT2D eigenvalue weighted by molar-refractivity contribution is -0.385. The van der Waals surface area contributed by atoms with Gasteiger partial charge in [-0.1, -0.05) is 0 Å². The lowest BCUT2D eigenvalue weighted by Crippen LogP contribution is -1.96. The van der Waals surface area contributed by atoms with Gasteiger partial charge in [-0.05, 0) is 25.6 Å². The molecule has 0 aliphatic heterocycles. The van der Waals surface area contributed by atoms with Crippen molar-refractivity contribution in [3.63, 3.8) is 0 Å². The number of hydrogen-bond donors (Lipinski definition) is 1. The first-order valence-corrected chi connectivity index (χ1v) is 6.27. The van der Waals surface area contributed by atoms with E-state index in [2.05, 4.69) is 15.3 Å². The van der Waals surface area contributed by atoms with Crippen LogP contribution in [0.5, 0.6) is 0 Å². The number of anilines is 1. The van der Waals surface area contributed by atoms with Crippen molar-refractivity contribution in [1.82, 2.24) is 9.97 Å². The van der Waals surface area contributed by atoms with Crippen molar-refractivity contribution < 1.29 is 9.34 Å². The van der Waals surface area contributed by atoms with Crippen molar-refractivity contribution in [2.24, 2.45) is 0 Å².